The average molecular weight is 314 g/mol. The van der Waals surface area contributed by atoms with E-state index in [0.29, 0.717) is 12.3 Å². The Hall–Kier alpha value is -1.68. The molecule has 1 amide bonds. The summed E-state index contributed by atoms with van der Waals surface area (Å²) < 4.78 is 0. The second kappa shape index (κ2) is 7.05. The van der Waals surface area contributed by atoms with E-state index in [1.165, 1.54) is 21.7 Å². The normalized spacial score (nSPS) is 18.4. The maximum absolute atomic E-state index is 12.5. The van der Waals surface area contributed by atoms with Gasteiger partial charge in [0.05, 0.1) is 6.42 Å². The van der Waals surface area contributed by atoms with E-state index in [2.05, 4.69) is 35.0 Å². The molecule has 0 radical (unpaired) electrons. The maximum Gasteiger partial charge on any atom is 0.227 e. The van der Waals surface area contributed by atoms with Crippen LogP contribution >= 0.6 is 11.3 Å². The fraction of sp³-hybridized carbons (Fsp3) is 0.444. The number of rotatable bonds is 4. The lowest BCUT2D eigenvalue weighted by Crippen LogP contribution is -2.41. The minimum atomic E-state index is 0.276. The van der Waals surface area contributed by atoms with Crippen LogP contribution in [0.15, 0.2) is 36.7 Å². The molecule has 1 aliphatic rings. The zero-order valence-electron chi connectivity index (χ0n) is 13.0. The van der Waals surface area contributed by atoms with Crippen LogP contribution in [-0.4, -0.2) is 28.9 Å². The molecule has 2 aromatic rings. The van der Waals surface area contributed by atoms with Crippen LogP contribution in [-0.2, 0) is 17.6 Å². The average Bonchev–Trinajstić information content (AvgIpc) is 2.93. The van der Waals surface area contributed by atoms with Crippen LogP contribution in [0.4, 0.5) is 0 Å². The van der Waals surface area contributed by atoms with E-state index < -0.39 is 0 Å². The van der Waals surface area contributed by atoms with Gasteiger partial charge in [0.2, 0.25) is 5.91 Å². The predicted octanol–water partition coefficient (Wildman–Crippen LogP) is 3.48. The Bertz CT molecular complexity index is 623. The molecule has 0 spiro atoms. The highest BCUT2D eigenvalue weighted by Crippen LogP contribution is 2.22. The lowest BCUT2D eigenvalue weighted by atomic mass is 9.91. The highest BCUT2D eigenvalue weighted by atomic mass is 32.1. The van der Waals surface area contributed by atoms with E-state index >= 15 is 0 Å². The maximum atomic E-state index is 12.5. The first-order chi connectivity index (χ1) is 10.7. The van der Waals surface area contributed by atoms with Gasteiger partial charge in [-0.1, -0.05) is 6.07 Å². The molecular weight excluding hydrogens is 292 g/mol. The summed E-state index contributed by atoms with van der Waals surface area (Å²) in [5, 5.41) is 0. The molecule has 3 heterocycles. The Balaban J connectivity index is 1.57. The summed E-state index contributed by atoms with van der Waals surface area (Å²) in [6.07, 6.45) is 7.64. The minimum absolute atomic E-state index is 0.276. The molecule has 0 aromatic carbocycles. The van der Waals surface area contributed by atoms with Crippen LogP contribution in [0.5, 0.6) is 0 Å². The number of amides is 1. The molecule has 0 saturated carbocycles. The van der Waals surface area contributed by atoms with Crippen molar-refractivity contribution < 1.29 is 4.79 Å². The quantitative estimate of drug-likeness (QED) is 0.865. The van der Waals surface area contributed by atoms with Gasteiger partial charge in [0, 0.05) is 35.2 Å². The SMILES string of the molecule is Cc1ccc(CC(=O)N2CCCC(Cc3cccnc3)C2)s1. The molecule has 22 heavy (non-hydrogen) atoms. The molecule has 1 aliphatic heterocycles. The smallest absolute Gasteiger partial charge is 0.227 e. The summed E-state index contributed by atoms with van der Waals surface area (Å²) in [4.78, 5) is 21.2. The van der Waals surface area contributed by atoms with Crippen LogP contribution in [0.2, 0.25) is 0 Å². The number of aromatic nitrogens is 1. The molecule has 0 bridgehead atoms. The van der Waals surface area contributed by atoms with Gasteiger partial charge in [-0.25, -0.2) is 0 Å². The van der Waals surface area contributed by atoms with Crippen molar-refractivity contribution in [2.45, 2.75) is 32.6 Å². The molecule has 0 N–H and O–H groups in total. The van der Waals surface area contributed by atoms with Gasteiger partial charge in [-0.05, 0) is 55.9 Å². The van der Waals surface area contributed by atoms with Crippen molar-refractivity contribution in [2.75, 3.05) is 13.1 Å². The number of nitrogens with zero attached hydrogens (tertiary/aromatic N) is 2. The number of hydrogen-bond acceptors (Lipinski definition) is 3. The van der Waals surface area contributed by atoms with E-state index in [-0.39, 0.29) is 5.91 Å². The molecule has 3 nitrogen and oxygen atoms in total. The van der Waals surface area contributed by atoms with Gasteiger partial charge in [-0.2, -0.15) is 0 Å². The van der Waals surface area contributed by atoms with Crippen LogP contribution < -0.4 is 0 Å². The lowest BCUT2D eigenvalue weighted by molar-refractivity contribution is -0.132. The van der Waals surface area contributed by atoms with E-state index in [1.54, 1.807) is 11.3 Å². The van der Waals surface area contributed by atoms with Crippen molar-refractivity contribution in [3.05, 3.63) is 52.0 Å². The summed E-state index contributed by atoms with van der Waals surface area (Å²) in [6, 6.07) is 8.28. The van der Waals surface area contributed by atoms with Gasteiger partial charge in [-0.3, -0.25) is 9.78 Å². The third-order valence-electron chi connectivity index (χ3n) is 4.24. The van der Waals surface area contributed by atoms with E-state index in [1.807, 2.05) is 18.5 Å². The summed E-state index contributed by atoms with van der Waals surface area (Å²) in [6.45, 7) is 3.88. The zero-order chi connectivity index (χ0) is 15.4. The second-order valence-corrected chi connectivity index (χ2v) is 7.47. The molecular formula is C18H22N2OS. The number of likely N-dealkylation sites (tertiary alicyclic amines) is 1. The van der Waals surface area contributed by atoms with Crippen LogP contribution in [0.1, 0.15) is 28.2 Å². The molecule has 1 saturated heterocycles. The predicted molar refractivity (Wildman–Crippen MR) is 90.0 cm³/mol. The molecule has 1 fully saturated rings. The molecule has 1 atom stereocenters. The van der Waals surface area contributed by atoms with Crippen molar-refractivity contribution in [1.82, 2.24) is 9.88 Å². The minimum Gasteiger partial charge on any atom is -0.342 e. The zero-order valence-corrected chi connectivity index (χ0v) is 13.8. The molecule has 2 aromatic heterocycles. The van der Waals surface area contributed by atoms with Crippen LogP contribution in [0.3, 0.4) is 0 Å². The number of hydrogen-bond donors (Lipinski definition) is 0. The highest BCUT2D eigenvalue weighted by molar-refractivity contribution is 7.12. The van der Waals surface area contributed by atoms with Crippen LogP contribution in [0.25, 0.3) is 0 Å². The van der Waals surface area contributed by atoms with Crippen molar-refractivity contribution in [3.8, 4) is 0 Å². The van der Waals surface area contributed by atoms with E-state index in [9.17, 15) is 4.79 Å². The molecule has 116 valence electrons. The standard InChI is InChI=1S/C18H22N2OS/c1-14-6-7-17(22-14)11-18(21)20-9-3-5-16(13-20)10-15-4-2-8-19-12-15/h2,4,6-8,12,16H,3,5,9-11,13H2,1H3. The molecule has 4 heteroatoms. The number of carbonyl (C=O) groups is 1. The number of aryl methyl sites for hydroxylation is 1. The Morgan fingerprint density at radius 3 is 3.05 bits per heavy atom. The first-order valence-electron chi connectivity index (χ1n) is 7.92. The Labute approximate surface area is 136 Å². The Morgan fingerprint density at radius 2 is 2.32 bits per heavy atom. The number of carbonyl (C=O) groups excluding carboxylic acids is 1. The third-order valence-corrected chi connectivity index (χ3v) is 5.24. The van der Waals surface area contributed by atoms with Crippen molar-refractivity contribution in [1.29, 1.82) is 0 Å². The second-order valence-electron chi connectivity index (χ2n) is 6.10. The van der Waals surface area contributed by atoms with E-state index in [4.69, 9.17) is 0 Å². The summed E-state index contributed by atoms with van der Waals surface area (Å²) in [5.41, 5.74) is 1.27. The largest absolute Gasteiger partial charge is 0.342 e. The monoisotopic (exact) mass is 314 g/mol. The van der Waals surface area contributed by atoms with Gasteiger partial charge in [-0.15, -0.1) is 11.3 Å². The Morgan fingerprint density at radius 1 is 1.41 bits per heavy atom. The van der Waals surface area contributed by atoms with Crippen LogP contribution in [0, 0.1) is 12.8 Å². The third kappa shape index (κ3) is 3.95. The number of piperidine rings is 1. The summed E-state index contributed by atoms with van der Waals surface area (Å²) >= 11 is 1.73. The Kier molecular flexibility index (Phi) is 4.88. The first-order valence-corrected chi connectivity index (χ1v) is 8.74. The van der Waals surface area contributed by atoms with E-state index in [0.717, 1.165) is 25.9 Å². The number of pyridine rings is 1. The lowest BCUT2D eigenvalue weighted by Gasteiger charge is -2.33. The first kappa shape index (κ1) is 15.2. The fourth-order valence-electron chi connectivity index (χ4n) is 3.15. The van der Waals surface area contributed by atoms with Gasteiger partial charge in [0.1, 0.15) is 0 Å². The number of thiophene rings is 1. The van der Waals surface area contributed by atoms with Crippen molar-refractivity contribution in [3.63, 3.8) is 0 Å². The molecule has 3 rings (SSSR count). The van der Waals surface area contributed by atoms with Gasteiger partial charge >= 0.3 is 0 Å². The topological polar surface area (TPSA) is 33.2 Å². The van der Waals surface area contributed by atoms with Crippen molar-refractivity contribution >= 4 is 17.2 Å². The summed E-state index contributed by atoms with van der Waals surface area (Å²) in [5.74, 6) is 0.838. The fourth-order valence-corrected chi connectivity index (χ4v) is 4.03. The van der Waals surface area contributed by atoms with Gasteiger partial charge < -0.3 is 4.90 Å². The molecule has 0 aliphatic carbocycles. The van der Waals surface area contributed by atoms with Gasteiger partial charge in [0.15, 0.2) is 0 Å². The summed E-state index contributed by atoms with van der Waals surface area (Å²) in [7, 11) is 0. The molecule has 1 unspecified atom stereocenters. The van der Waals surface area contributed by atoms with Gasteiger partial charge in [0.25, 0.3) is 0 Å². The highest BCUT2D eigenvalue weighted by Gasteiger charge is 2.24. The van der Waals surface area contributed by atoms with Crippen molar-refractivity contribution in [2.24, 2.45) is 5.92 Å².